The highest BCUT2D eigenvalue weighted by molar-refractivity contribution is 5.31. The molecule has 0 spiro atoms. The first-order chi connectivity index (χ1) is 9.26. The Labute approximate surface area is 108 Å². The van der Waals surface area contributed by atoms with Gasteiger partial charge in [-0.1, -0.05) is 0 Å². The lowest BCUT2D eigenvalue weighted by molar-refractivity contribution is 0.746. The molecule has 9 nitrogen and oxygen atoms in total. The van der Waals surface area contributed by atoms with Crippen LogP contribution in [0.25, 0.3) is 11.9 Å². The molecule has 0 saturated carbocycles. The highest BCUT2D eigenvalue weighted by Crippen LogP contribution is 2.08. The molecule has 3 aromatic heterocycles. The van der Waals surface area contributed by atoms with Crippen LogP contribution in [0.2, 0.25) is 0 Å². The lowest BCUT2D eigenvalue weighted by Crippen LogP contribution is -2.11. The number of hydrogen-bond donors (Lipinski definition) is 1. The Bertz CT molecular complexity index is 685. The van der Waals surface area contributed by atoms with E-state index in [9.17, 15) is 0 Å². The van der Waals surface area contributed by atoms with Crippen LogP contribution in [0.4, 0.5) is 5.95 Å². The monoisotopic (exact) mass is 257 g/mol. The largest absolute Gasteiger partial charge is 0.357 e. The van der Waals surface area contributed by atoms with E-state index in [1.165, 1.54) is 17.3 Å². The van der Waals surface area contributed by atoms with Gasteiger partial charge in [-0.25, -0.2) is 9.67 Å². The van der Waals surface area contributed by atoms with E-state index < -0.39 is 0 Å². The minimum absolute atomic E-state index is 0.375. The molecule has 1 N–H and O–H groups in total. The first-order valence-corrected chi connectivity index (χ1v) is 5.57. The molecule has 0 fully saturated rings. The van der Waals surface area contributed by atoms with Gasteiger partial charge < -0.3 is 5.32 Å². The Hall–Kier alpha value is -2.84. The van der Waals surface area contributed by atoms with Gasteiger partial charge in [0.1, 0.15) is 12.7 Å². The number of rotatable bonds is 3. The molecule has 0 aromatic carbocycles. The van der Waals surface area contributed by atoms with Gasteiger partial charge in [0.25, 0.3) is 11.9 Å². The summed E-state index contributed by atoms with van der Waals surface area (Å²) in [4.78, 5) is 16.6. The van der Waals surface area contributed by atoms with Crippen molar-refractivity contribution in [3.05, 3.63) is 30.6 Å². The third kappa shape index (κ3) is 2.12. The fraction of sp³-hybridized carbons (Fsp3) is 0.200. The number of anilines is 1. The fourth-order valence-electron chi connectivity index (χ4n) is 1.50. The van der Waals surface area contributed by atoms with Crippen LogP contribution < -0.4 is 5.32 Å². The maximum absolute atomic E-state index is 4.31. The van der Waals surface area contributed by atoms with Crippen LogP contribution in [0.3, 0.4) is 0 Å². The standard InChI is InChI=1S/C10H11N9/c1-7-3-13-18(4-7)9-15-8(11-2)16-10(17-9)19-6-12-5-14-19/h3-6H,1-2H3,(H,11,15,16,17). The minimum atomic E-state index is 0.375. The van der Waals surface area contributed by atoms with Crippen LogP contribution in [0.5, 0.6) is 0 Å². The molecule has 0 atom stereocenters. The number of aromatic nitrogens is 8. The van der Waals surface area contributed by atoms with Gasteiger partial charge in [-0.3, -0.25) is 0 Å². The maximum Gasteiger partial charge on any atom is 0.258 e. The zero-order valence-electron chi connectivity index (χ0n) is 10.4. The Kier molecular flexibility index (Phi) is 2.63. The molecule has 3 heterocycles. The topological polar surface area (TPSA) is 99.2 Å². The normalized spacial score (nSPS) is 10.6. The second-order valence-electron chi connectivity index (χ2n) is 3.81. The molecular weight excluding hydrogens is 246 g/mol. The lowest BCUT2D eigenvalue weighted by Gasteiger charge is -2.05. The Morgan fingerprint density at radius 1 is 1.05 bits per heavy atom. The molecule has 19 heavy (non-hydrogen) atoms. The summed E-state index contributed by atoms with van der Waals surface area (Å²) in [6.07, 6.45) is 6.51. The van der Waals surface area contributed by atoms with E-state index >= 15 is 0 Å². The van der Waals surface area contributed by atoms with Gasteiger partial charge in [0.05, 0.1) is 6.20 Å². The van der Waals surface area contributed by atoms with Crippen LogP contribution in [-0.2, 0) is 0 Å². The minimum Gasteiger partial charge on any atom is -0.357 e. The summed E-state index contributed by atoms with van der Waals surface area (Å²) in [5.41, 5.74) is 1.02. The van der Waals surface area contributed by atoms with E-state index in [4.69, 9.17) is 0 Å². The van der Waals surface area contributed by atoms with Gasteiger partial charge in [0.15, 0.2) is 0 Å². The third-order valence-electron chi connectivity index (χ3n) is 2.38. The van der Waals surface area contributed by atoms with E-state index in [1.54, 1.807) is 17.9 Å². The van der Waals surface area contributed by atoms with Gasteiger partial charge in [-0.15, -0.1) is 0 Å². The smallest absolute Gasteiger partial charge is 0.258 e. The van der Waals surface area contributed by atoms with Crippen LogP contribution in [-0.4, -0.2) is 46.5 Å². The zero-order valence-corrected chi connectivity index (χ0v) is 10.4. The van der Waals surface area contributed by atoms with Crippen molar-refractivity contribution >= 4 is 5.95 Å². The first kappa shape index (κ1) is 11.3. The van der Waals surface area contributed by atoms with Crippen molar-refractivity contribution in [3.63, 3.8) is 0 Å². The fourth-order valence-corrected chi connectivity index (χ4v) is 1.50. The van der Waals surface area contributed by atoms with Crippen molar-refractivity contribution in [1.82, 2.24) is 39.5 Å². The van der Waals surface area contributed by atoms with Crippen molar-refractivity contribution in [2.24, 2.45) is 0 Å². The van der Waals surface area contributed by atoms with Gasteiger partial charge in [-0.2, -0.15) is 29.8 Å². The van der Waals surface area contributed by atoms with Gasteiger partial charge in [0, 0.05) is 13.2 Å². The summed E-state index contributed by atoms with van der Waals surface area (Å²) < 4.78 is 3.04. The van der Waals surface area contributed by atoms with Crippen molar-refractivity contribution in [3.8, 4) is 11.9 Å². The van der Waals surface area contributed by atoms with Crippen molar-refractivity contribution < 1.29 is 0 Å². The third-order valence-corrected chi connectivity index (χ3v) is 2.38. The molecule has 0 amide bonds. The van der Waals surface area contributed by atoms with E-state index in [0.29, 0.717) is 17.8 Å². The average Bonchev–Trinajstić information content (AvgIpc) is 3.09. The quantitative estimate of drug-likeness (QED) is 0.704. The molecule has 9 heteroatoms. The highest BCUT2D eigenvalue weighted by atomic mass is 15.4. The number of aryl methyl sites for hydroxylation is 1. The van der Waals surface area contributed by atoms with Crippen LogP contribution in [0, 0.1) is 6.92 Å². The second kappa shape index (κ2) is 4.44. The molecule has 0 aliphatic rings. The predicted molar refractivity (Wildman–Crippen MR) is 66.1 cm³/mol. The summed E-state index contributed by atoms with van der Waals surface area (Å²) in [5, 5.41) is 11.1. The van der Waals surface area contributed by atoms with Crippen molar-refractivity contribution in [1.29, 1.82) is 0 Å². The van der Waals surface area contributed by atoms with E-state index in [0.717, 1.165) is 5.56 Å². The molecule has 3 rings (SSSR count). The molecule has 0 unspecified atom stereocenters. The molecule has 0 bridgehead atoms. The molecule has 0 radical (unpaired) electrons. The number of nitrogens with one attached hydrogen (secondary N) is 1. The Morgan fingerprint density at radius 2 is 1.84 bits per heavy atom. The highest BCUT2D eigenvalue weighted by Gasteiger charge is 2.10. The molecular formula is C10H11N9. The van der Waals surface area contributed by atoms with E-state index in [2.05, 4.69) is 35.5 Å². The first-order valence-electron chi connectivity index (χ1n) is 5.57. The molecule has 0 saturated heterocycles. The average molecular weight is 257 g/mol. The van der Waals surface area contributed by atoms with Crippen LogP contribution in [0.15, 0.2) is 25.0 Å². The molecule has 0 aliphatic carbocycles. The van der Waals surface area contributed by atoms with Gasteiger partial charge in [-0.05, 0) is 12.5 Å². The van der Waals surface area contributed by atoms with Gasteiger partial charge >= 0.3 is 0 Å². The summed E-state index contributed by atoms with van der Waals surface area (Å²) in [6.45, 7) is 1.95. The van der Waals surface area contributed by atoms with Crippen molar-refractivity contribution in [2.75, 3.05) is 12.4 Å². The summed E-state index contributed by atoms with van der Waals surface area (Å²) in [6, 6.07) is 0. The van der Waals surface area contributed by atoms with Crippen LogP contribution in [0.1, 0.15) is 5.56 Å². The summed E-state index contributed by atoms with van der Waals surface area (Å²) >= 11 is 0. The van der Waals surface area contributed by atoms with E-state index in [1.807, 2.05) is 13.1 Å². The molecule has 0 aliphatic heterocycles. The molecule has 3 aromatic rings. The maximum atomic E-state index is 4.31. The van der Waals surface area contributed by atoms with Crippen molar-refractivity contribution in [2.45, 2.75) is 6.92 Å². The number of hydrogen-bond acceptors (Lipinski definition) is 7. The second-order valence-corrected chi connectivity index (χ2v) is 3.81. The Balaban J connectivity index is 2.12. The van der Waals surface area contributed by atoms with Gasteiger partial charge in [0.2, 0.25) is 5.95 Å². The Morgan fingerprint density at radius 3 is 2.42 bits per heavy atom. The van der Waals surface area contributed by atoms with Crippen LogP contribution >= 0.6 is 0 Å². The summed E-state index contributed by atoms with van der Waals surface area (Å²) in [5.74, 6) is 1.22. The zero-order chi connectivity index (χ0) is 13.2. The summed E-state index contributed by atoms with van der Waals surface area (Å²) in [7, 11) is 1.73. The number of nitrogens with zero attached hydrogens (tertiary/aromatic N) is 8. The molecule has 96 valence electrons. The predicted octanol–water partition coefficient (Wildman–Crippen LogP) is -0.0119. The SMILES string of the molecule is CNc1nc(-n2cncn2)nc(-n2cc(C)cn2)n1. The van der Waals surface area contributed by atoms with E-state index in [-0.39, 0.29) is 0 Å². The lowest BCUT2D eigenvalue weighted by atomic mass is 10.4.